The molecule has 0 aromatic carbocycles. The summed E-state index contributed by atoms with van der Waals surface area (Å²) >= 11 is 0. The lowest BCUT2D eigenvalue weighted by Gasteiger charge is -2.24. The normalized spacial score (nSPS) is 23.9. The number of methoxy groups -OCH3 is 1. The molecule has 0 unspecified atom stereocenters. The van der Waals surface area contributed by atoms with E-state index in [4.69, 9.17) is 13.7 Å². The summed E-state index contributed by atoms with van der Waals surface area (Å²) in [5, 5.41) is 0. The second kappa shape index (κ2) is 6.28. The molecule has 1 amide bonds. The highest BCUT2D eigenvalue weighted by Gasteiger charge is 2.39. The molecule has 1 fully saturated rings. The highest BCUT2D eigenvalue weighted by atomic mass is 32.2. The van der Waals surface area contributed by atoms with E-state index >= 15 is 0 Å². The van der Waals surface area contributed by atoms with Crippen molar-refractivity contribution in [2.75, 3.05) is 33.1 Å². The fraction of sp³-hybridized carbons (Fsp3) is 0.917. The Labute approximate surface area is 120 Å². The van der Waals surface area contributed by atoms with Crippen LogP contribution in [0.3, 0.4) is 0 Å². The van der Waals surface area contributed by atoms with Gasteiger partial charge in [0.05, 0.1) is 19.4 Å². The summed E-state index contributed by atoms with van der Waals surface area (Å²) in [4.78, 5) is 13.4. The van der Waals surface area contributed by atoms with Gasteiger partial charge in [0.15, 0.2) is 0 Å². The van der Waals surface area contributed by atoms with Gasteiger partial charge in [-0.25, -0.2) is 4.79 Å². The predicted molar refractivity (Wildman–Crippen MR) is 72.9 cm³/mol. The van der Waals surface area contributed by atoms with E-state index in [2.05, 4.69) is 0 Å². The van der Waals surface area contributed by atoms with Crippen molar-refractivity contribution < 1.29 is 26.9 Å². The van der Waals surface area contributed by atoms with Crippen molar-refractivity contribution in [3.63, 3.8) is 0 Å². The number of rotatable bonds is 4. The van der Waals surface area contributed by atoms with Gasteiger partial charge in [-0.05, 0) is 20.8 Å². The largest absolute Gasteiger partial charge is 0.444 e. The molecule has 1 saturated heterocycles. The summed E-state index contributed by atoms with van der Waals surface area (Å²) in [6.45, 7) is 6.17. The number of likely N-dealkylation sites (tertiary alicyclic amines) is 1. The third kappa shape index (κ3) is 5.64. The SMILES string of the molecule is COC[C@@H]1CN(C(=O)OC(C)(C)C)C[C@H]1OS(C)(=O)=O. The van der Waals surface area contributed by atoms with E-state index in [-0.39, 0.29) is 12.5 Å². The first kappa shape index (κ1) is 17.2. The zero-order valence-corrected chi connectivity index (χ0v) is 13.4. The van der Waals surface area contributed by atoms with Crippen LogP contribution >= 0.6 is 0 Å². The third-order valence-electron chi connectivity index (χ3n) is 2.71. The van der Waals surface area contributed by atoms with Crippen molar-refractivity contribution in [2.45, 2.75) is 32.5 Å². The van der Waals surface area contributed by atoms with Crippen LogP contribution < -0.4 is 0 Å². The molecule has 0 saturated carbocycles. The molecule has 1 aliphatic heterocycles. The molecule has 1 heterocycles. The van der Waals surface area contributed by atoms with E-state index in [0.717, 1.165) is 6.26 Å². The summed E-state index contributed by atoms with van der Waals surface area (Å²) in [6, 6.07) is 0. The summed E-state index contributed by atoms with van der Waals surface area (Å²) in [5.41, 5.74) is -0.594. The minimum absolute atomic E-state index is 0.177. The van der Waals surface area contributed by atoms with Crippen LogP contribution in [-0.4, -0.2) is 64.2 Å². The van der Waals surface area contributed by atoms with E-state index < -0.39 is 27.9 Å². The van der Waals surface area contributed by atoms with Crippen LogP contribution in [0, 0.1) is 5.92 Å². The fourth-order valence-corrected chi connectivity index (χ4v) is 2.69. The molecule has 0 bridgehead atoms. The minimum Gasteiger partial charge on any atom is -0.444 e. The summed E-state index contributed by atoms with van der Waals surface area (Å²) in [6.07, 6.45) is -0.0804. The summed E-state index contributed by atoms with van der Waals surface area (Å²) < 4.78 is 37.8. The second-order valence-electron chi connectivity index (χ2n) is 5.94. The molecule has 20 heavy (non-hydrogen) atoms. The Morgan fingerprint density at radius 1 is 1.30 bits per heavy atom. The van der Waals surface area contributed by atoms with Crippen LogP contribution in [0.2, 0.25) is 0 Å². The molecule has 0 aromatic rings. The van der Waals surface area contributed by atoms with Crippen LogP contribution in [0.5, 0.6) is 0 Å². The molecule has 0 aromatic heterocycles. The minimum atomic E-state index is -3.58. The highest BCUT2D eigenvalue weighted by Crippen LogP contribution is 2.23. The Balaban J connectivity index is 2.72. The zero-order chi connectivity index (χ0) is 15.6. The number of amides is 1. The molecule has 0 N–H and O–H groups in total. The molecule has 118 valence electrons. The molecule has 1 aliphatic rings. The molecule has 8 heteroatoms. The van der Waals surface area contributed by atoms with Gasteiger partial charge in [-0.3, -0.25) is 4.18 Å². The molecule has 0 radical (unpaired) electrons. The maximum atomic E-state index is 12.0. The Kier molecular flexibility index (Phi) is 5.39. The maximum absolute atomic E-state index is 12.0. The highest BCUT2D eigenvalue weighted by molar-refractivity contribution is 7.86. The van der Waals surface area contributed by atoms with Crippen molar-refractivity contribution in [1.29, 1.82) is 0 Å². The number of nitrogens with zero attached hydrogens (tertiary/aromatic N) is 1. The Bertz CT molecular complexity index is 441. The lowest BCUT2D eigenvalue weighted by atomic mass is 10.1. The van der Waals surface area contributed by atoms with Crippen molar-refractivity contribution >= 4 is 16.2 Å². The number of hydrogen-bond donors (Lipinski definition) is 0. The summed E-state index contributed by atoms with van der Waals surface area (Å²) in [7, 11) is -2.06. The molecule has 1 rings (SSSR count). The summed E-state index contributed by atoms with van der Waals surface area (Å²) in [5.74, 6) is -0.192. The smallest absolute Gasteiger partial charge is 0.410 e. The lowest BCUT2D eigenvalue weighted by molar-refractivity contribution is 0.0273. The standard InChI is InChI=1S/C12H23NO6S/c1-12(2,3)18-11(14)13-6-9(8-17-4)10(7-13)19-20(5,15)16/h9-10H,6-8H2,1-5H3/t9-,10+/m0/s1. The average molecular weight is 309 g/mol. The number of carbonyl (C=O) groups is 1. The van der Waals surface area contributed by atoms with Gasteiger partial charge in [0.2, 0.25) is 0 Å². The molecule has 7 nitrogen and oxygen atoms in total. The first-order chi connectivity index (χ1) is 9.02. The molecule has 2 atom stereocenters. The van der Waals surface area contributed by atoms with Gasteiger partial charge < -0.3 is 14.4 Å². The van der Waals surface area contributed by atoms with E-state index in [9.17, 15) is 13.2 Å². The maximum Gasteiger partial charge on any atom is 0.410 e. The molecular weight excluding hydrogens is 286 g/mol. The average Bonchev–Trinajstić information content (AvgIpc) is 2.57. The van der Waals surface area contributed by atoms with E-state index in [1.807, 2.05) is 0 Å². The first-order valence-electron chi connectivity index (χ1n) is 6.37. The van der Waals surface area contributed by atoms with Crippen molar-refractivity contribution in [3.05, 3.63) is 0 Å². The van der Waals surface area contributed by atoms with E-state index in [1.165, 1.54) is 12.0 Å². The van der Waals surface area contributed by atoms with Gasteiger partial charge in [0.1, 0.15) is 11.7 Å². The van der Waals surface area contributed by atoms with Crippen LogP contribution in [0.1, 0.15) is 20.8 Å². The van der Waals surface area contributed by atoms with Crippen LogP contribution in [0.25, 0.3) is 0 Å². The van der Waals surface area contributed by atoms with Crippen LogP contribution in [0.4, 0.5) is 4.79 Å². The third-order valence-corrected chi connectivity index (χ3v) is 3.31. The van der Waals surface area contributed by atoms with E-state index in [1.54, 1.807) is 20.8 Å². The zero-order valence-electron chi connectivity index (χ0n) is 12.6. The van der Waals surface area contributed by atoms with Gasteiger partial charge in [-0.15, -0.1) is 0 Å². The Morgan fingerprint density at radius 2 is 1.90 bits per heavy atom. The van der Waals surface area contributed by atoms with Gasteiger partial charge in [0, 0.05) is 19.6 Å². The van der Waals surface area contributed by atoms with Gasteiger partial charge in [-0.1, -0.05) is 0 Å². The number of carbonyl (C=O) groups excluding carboxylic acids is 1. The quantitative estimate of drug-likeness (QED) is 0.716. The number of ether oxygens (including phenoxy) is 2. The molecule has 0 aliphatic carbocycles. The fourth-order valence-electron chi connectivity index (χ4n) is 2.02. The lowest BCUT2D eigenvalue weighted by Crippen LogP contribution is -2.36. The molecular formula is C12H23NO6S. The van der Waals surface area contributed by atoms with Crippen molar-refractivity contribution in [1.82, 2.24) is 4.90 Å². The second-order valence-corrected chi connectivity index (χ2v) is 7.54. The number of hydrogen-bond acceptors (Lipinski definition) is 6. The Morgan fingerprint density at radius 3 is 2.35 bits per heavy atom. The van der Waals surface area contributed by atoms with Crippen LogP contribution in [0.15, 0.2) is 0 Å². The first-order valence-corrected chi connectivity index (χ1v) is 8.18. The monoisotopic (exact) mass is 309 g/mol. The van der Waals surface area contributed by atoms with Gasteiger partial charge >= 0.3 is 6.09 Å². The van der Waals surface area contributed by atoms with Crippen LogP contribution in [-0.2, 0) is 23.8 Å². The van der Waals surface area contributed by atoms with Gasteiger partial charge in [0.25, 0.3) is 10.1 Å². The molecule has 0 spiro atoms. The van der Waals surface area contributed by atoms with E-state index in [0.29, 0.717) is 13.2 Å². The topological polar surface area (TPSA) is 82.1 Å². The predicted octanol–water partition coefficient (Wildman–Crippen LogP) is 0.845. The van der Waals surface area contributed by atoms with Gasteiger partial charge in [-0.2, -0.15) is 8.42 Å². The Hall–Kier alpha value is -0.860. The van der Waals surface area contributed by atoms with Crippen molar-refractivity contribution in [2.24, 2.45) is 5.92 Å². The van der Waals surface area contributed by atoms with Crippen molar-refractivity contribution in [3.8, 4) is 0 Å².